The van der Waals surface area contributed by atoms with Crippen LogP contribution >= 0.6 is 0 Å². The maximum atomic E-state index is 10.9. The minimum atomic E-state index is -0.324. The van der Waals surface area contributed by atoms with Crippen LogP contribution in [0.4, 0.5) is 0 Å². The van der Waals surface area contributed by atoms with Crippen LogP contribution in [0.15, 0.2) is 12.2 Å². The van der Waals surface area contributed by atoms with E-state index in [0.29, 0.717) is 6.42 Å². The molecular formula is C15H27NO2. The summed E-state index contributed by atoms with van der Waals surface area (Å²) in [7, 11) is 0. The molecule has 0 bridgehead atoms. The Balaban J connectivity index is 2.10. The van der Waals surface area contributed by atoms with Gasteiger partial charge < -0.3 is 0 Å². The number of nitro groups is 1. The largest absolute Gasteiger partial charge is 0.264 e. The first-order valence-electron chi connectivity index (χ1n) is 7.54. The molecule has 0 N–H and O–H groups in total. The third kappa shape index (κ3) is 5.65. The van der Waals surface area contributed by atoms with E-state index in [-0.39, 0.29) is 16.9 Å². The zero-order valence-electron chi connectivity index (χ0n) is 11.6. The van der Waals surface area contributed by atoms with Gasteiger partial charge in [0.1, 0.15) is 0 Å². The van der Waals surface area contributed by atoms with Crippen molar-refractivity contribution in [1.82, 2.24) is 0 Å². The molecule has 0 aromatic heterocycles. The summed E-state index contributed by atoms with van der Waals surface area (Å²) in [6.07, 6.45) is 15.7. The molecule has 0 spiro atoms. The van der Waals surface area contributed by atoms with Gasteiger partial charge in [-0.15, -0.1) is 0 Å². The Morgan fingerprint density at radius 1 is 1.06 bits per heavy atom. The Hall–Kier alpha value is -0.860. The van der Waals surface area contributed by atoms with Gasteiger partial charge in [0.15, 0.2) is 0 Å². The molecule has 2 atom stereocenters. The molecule has 3 nitrogen and oxygen atoms in total. The molecule has 0 amide bonds. The molecule has 104 valence electrons. The van der Waals surface area contributed by atoms with Crippen molar-refractivity contribution in [3.05, 3.63) is 22.3 Å². The van der Waals surface area contributed by atoms with E-state index in [9.17, 15) is 10.1 Å². The Morgan fingerprint density at radius 3 is 2.33 bits per heavy atom. The number of nitrogens with zero attached hydrogens (tertiary/aromatic N) is 1. The molecule has 0 saturated carbocycles. The molecule has 18 heavy (non-hydrogen) atoms. The van der Waals surface area contributed by atoms with Gasteiger partial charge in [-0.2, -0.15) is 0 Å². The SMILES string of the molecule is CCCCCCCCC[C@H]1CC=CC[C@@H]1[N+](=O)[O-]. The molecule has 1 rings (SSSR count). The molecule has 3 heteroatoms. The van der Waals surface area contributed by atoms with Crippen LogP contribution in [-0.4, -0.2) is 11.0 Å². The Morgan fingerprint density at radius 2 is 1.67 bits per heavy atom. The van der Waals surface area contributed by atoms with Crippen molar-refractivity contribution in [2.45, 2.75) is 77.2 Å². The highest BCUT2D eigenvalue weighted by atomic mass is 16.6. The van der Waals surface area contributed by atoms with Crippen molar-refractivity contribution in [3.63, 3.8) is 0 Å². The van der Waals surface area contributed by atoms with Crippen LogP contribution < -0.4 is 0 Å². The summed E-state index contributed by atoms with van der Waals surface area (Å²) in [5, 5.41) is 10.9. The Labute approximate surface area is 111 Å². The van der Waals surface area contributed by atoms with Gasteiger partial charge in [0.05, 0.1) is 0 Å². The number of allylic oxidation sites excluding steroid dienone is 1. The van der Waals surface area contributed by atoms with Gasteiger partial charge in [0.25, 0.3) is 0 Å². The molecule has 1 aliphatic rings. The molecule has 1 aliphatic carbocycles. The zero-order chi connectivity index (χ0) is 13.2. The smallest absolute Gasteiger partial charge is 0.219 e. The molecule has 0 aromatic rings. The van der Waals surface area contributed by atoms with E-state index in [1.165, 1.54) is 38.5 Å². The lowest BCUT2D eigenvalue weighted by atomic mass is 9.85. The van der Waals surface area contributed by atoms with E-state index in [2.05, 4.69) is 13.0 Å². The van der Waals surface area contributed by atoms with Crippen LogP contribution in [0.2, 0.25) is 0 Å². The van der Waals surface area contributed by atoms with E-state index in [1.807, 2.05) is 6.08 Å². The minimum absolute atomic E-state index is 0.0740. The van der Waals surface area contributed by atoms with Crippen LogP contribution in [0, 0.1) is 16.0 Å². The van der Waals surface area contributed by atoms with Crippen molar-refractivity contribution in [1.29, 1.82) is 0 Å². The highest BCUT2D eigenvalue weighted by Crippen LogP contribution is 2.26. The van der Waals surface area contributed by atoms with E-state index in [4.69, 9.17) is 0 Å². The van der Waals surface area contributed by atoms with Gasteiger partial charge in [-0.3, -0.25) is 10.1 Å². The number of hydrogen-bond donors (Lipinski definition) is 0. The Bertz CT molecular complexity index is 263. The lowest BCUT2D eigenvalue weighted by Crippen LogP contribution is -2.30. The summed E-state index contributed by atoms with van der Waals surface area (Å²) < 4.78 is 0. The summed E-state index contributed by atoms with van der Waals surface area (Å²) in [6.45, 7) is 2.23. The third-order valence-corrected chi connectivity index (χ3v) is 3.98. The minimum Gasteiger partial charge on any atom is -0.264 e. The number of rotatable bonds is 9. The van der Waals surface area contributed by atoms with E-state index >= 15 is 0 Å². The second-order valence-corrected chi connectivity index (χ2v) is 5.47. The van der Waals surface area contributed by atoms with Crippen molar-refractivity contribution >= 4 is 0 Å². The van der Waals surface area contributed by atoms with E-state index < -0.39 is 0 Å². The van der Waals surface area contributed by atoms with Crippen LogP contribution in [0.1, 0.15) is 71.1 Å². The molecule has 0 aromatic carbocycles. The average Bonchev–Trinajstić information content (AvgIpc) is 2.38. The average molecular weight is 253 g/mol. The fraction of sp³-hybridized carbons (Fsp3) is 0.867. The molecule has 0 unspecified atom stereocenters. The fourth-order valence-electron chi connectivity index (χ4n) is 2.79. The zero-order valence-corrected chi connectivity index (χ0v) is 11.6. The van der Waals surface area contributed by atoms with Crippen LogP contribution in [-0.2, 0) is 0 Å². The van der Waals surface area contributed by atoms with Crippen LogP contribution in [0.5, 0.6) is 0 Å². The number of hydrogen-bond acceptors (Lipinski definition) is 2. The first-order valence-corrected chi connectivity index (χ1v) is 7.54. The predicted octanol–water partition coefficient (Wildman–Crippen LogP) is 4.74. The van der Waals surface area contributed by atoms with Gasteiger partial charge in [0.2, 0.25) is 6.04 Å². The van der Waals surface area contributed by atoms with Crippen LogP contribution in [0.25, 0.3) is 0 Å². The predicted molar refractivity (Wildman–Crippen MR) is 75.3 cm³/mol. The Kier molecular flexibility index (Phi) is 7.70. The third-order valence-electron chi connectivity index (χ3n) is 3.98. The first-order chi connectivity index (χ1) is 8.75. The van der Waals surface area contributed by atoms with Gasteiger partial charge in [-0.05, 0) is 12.8 Å². The second kappa shape index (κ2) is 9.12. The molecule has 0 radical (unpaired) electrons. The monoisotopic (exact) mass is 253 g/mol. The van der Waals surface area contributed by atoms with Gasteiger partial charge in [0, 0.05) is 17.3 Å². The highest BCUT2D eigenvalue weighted by molar-refractivity contribution is 4.94. The van der Waals surface area contributed by atoms with Crippen molar-refractivity contribution in [3.8, 4) is 0 Å². The van der Waals surface area contributed by atoms with Gasteiger partial charge in [-0.1, -0.05) is 64.0 Å². The molecule has 0 fully saturated rings. The summed E-state index contributed by atoms with van der Waals surface area (Å²) in [4.78, 5) is 10.9. The maximum Gasteiger partial charge on any atom is 0.219 e. The normalized spacial score (nSPS) is 23.2. The van der Waals surface area contributed by atoms with Crippen molar-refractivity contribution in [2.75, 3.05) is 0 Å². The van der Waals surface area contributed by atoms with E-state index in [0.717, 1.165) is 19.3 Å². The fourth-order valence-corrected chi connectivity index (χ4v) is 2.79. The maximum absolute atomic E-state index is 10.9. The molecule has 0 aliphatic heterocycles. The summed E-state index contributed by atoms with van der Waals surface area (Å²) in [6, 6.07) is -0.324. The van der Waals surface area contributed by atoms with Gasteiger partial charge in [-0.25, -0.2) is 0 Å². The summed E-state index contributed by atoms with van der Waals surface area (Å²) in [5.74, 6) is 0.278. The molecule has 0 heterocycles. The van der Waals surface area contributed by atoms with Crippen LogP contribution in [0.3, 0.4) is 0 Å². The molecular weight excluding hydrogens is 226 g/mol. The van der Waals surface area contributed by atoms with Gasteiger partial charge >= 0.3 is 0 Å². The van der Waals surface area contributed by atoms with E-state index in [1.54, 1.807) is 0 Å². The topological polar surface area (TPSA) is 43.1 Å². The van der Waals surface area contributed by atoms with Crippen molar-refractivity contribution in [2.24, 2.45) is 5.92 Å². The number of unbranched alkanes of at least 4 members (excludes halogenated alkanes) is 6. The lowest BCUT2D eigenvalue weighted by molar-refractivity contribution is -0.532. The highest BCUT2D eigenvalue weighted by Gasteiger charge is 2.30. The quantitative estimate of drug-likeness (QED) is 0.258. The second-order valence-electron chi connectivity index (χ2n) is 5.47. The summed E-state index contributed by atoms with van der Waals surface area (Å²) >= 11 is 0. The standard InChI is InChI=1S/C15H27NO2/c1-2-3-4-5-6-7-8-11-14-12-9-10-13-15(14)16(17)18/h9-10,14-15H,2-8,11-13H2,1H3/t14-,15-/m0/s1. The van der Waals surface area contributed by atoms with Crippen molar-refractivity contribution < 1.29 is 4.92 Å². The first kappa shape index (κ1) is 15.2. The molecule has 0 saturated heterocycles. The lowest BCUT2D eigenvalue weighted by Gasteiger charge is -2.21. The summed E-state index contributed by atoms with van der Waals surface area (Å²) in [5.41, 5.74) is 0.